The van der Waals surface area contributed by atoms with Crippen LogP contribution in [0.3, 0.4) is 0 Å². The first-order valence-corrected chi connectivity index (χ1v) is 11.1. The van der Waals surface area contributed by atoms with Crippen LogP contribution in [-0.4, -0.2) is 41.0 Å². The number of ether oxygens (including phenoxy) is 3. The van der Waals surface area contributed by atoms with E-state index < -0.39 is 12.4 Å². The molecule has 1 saturated heterocycles. The standard InChI is InChI=1S/C24H24F3N3O5/c1-3-12-33-19-10-6-16(13-20(19)32-2)22-28-23(35-29-22)18-9-11-21(31)30(18)14-15-4-7-17(8-5-15)34-24(25,26)27/h4-8,10,13,18H,3,9,11-12,14H2,1-2H3. The monoisotopic (exact) mass is 491 g/mol. The third-order valence-corrected chi connectivity index (χ3v) is 5.45. The van der Waals surface area contributed by atoms with Gasteiger partial charge in [-0.1, -0.05) is 24.2 Å². The summed E-state index contributed by atoms with van der Waals surface area (Å²) in [6.45, 7) is 2.76. The average Bonchev–Trinajstić information content (AvgIpc) is 3.45. The van der Waals surface area contributed by atoms with Gasteiger partial charge in [0.25, 0.3) is 0 Å². The molecular weight excluding hydrogens is 467 g/mol. The zero-order valence-electron chi connectivity index (χ0n) is 19.2. The molecular formula is C24H24F3N3O5. The van der Waals surface area contributed by atoms with Crippen molar-refractivity contribution < 1.29 is 36.7 Å². The summed E-state index contributed by atoms with van der Waals surface area (Å²) in [7, 11) is 1.55. The molecule has 2 aromatic carbocycles. The van der Waals surface area contributed by atoms with Gasteiger partial charge in [-0.25, -0.2) is 0 Å². The molecule has 1 aliphatic rings. The van der Waals surface area contributed by atoms with Crippen molar-refractivity contribution in [1.82, 2.24) is 15.0 Å². The molecule has 0 N–H and O–H groups in total. The molecule has 0 saturated carbocycles. The molecule has 1 amide bonds. The second-order valence-electron chi connectivity index (χ2n) is 7.94. The molecule has 8 nitrogen and oxygen atoms in total. The Bertz CT molecular complexity index is 1160. The molecule has 0 radical (unpaired) electrons. The molecule has 0 bridgehead atoms. The number of aromatic nitrogens is 2. The molecule has 1 fully saturated rings. The molecule has 11 heteroatoms. The van der Waals surface area contributed by atoms with Gasteiger partial charge in [0.15, 0.2) is 11.5 Å². The number of rotatable bonds is 9. The summed E-state index contributed by atoms with van der Waals surface area (Å²) in [5.74, 6) is 1.35. The average molecular weight is 491 g/mol. The van der Waals surface area contributed by atoms with Gasteiger partial charge in [-0.05, 0) is 48.7 Å². The highest BCUT2D eigenvalue weighted by molar-refractivity contribution is 5.79. The van der Waals surface area contributed by atoms with E-state index in [0.717, 1.165) is 6.42 Å². The molecule has 1 aromatic heterocycles. The van der Waals surface area contributed by atoms with Crippen LogP contribution in [0.4, 0.5) is 13.2 Å². The topological polar surface area (TPSA) is 86.9 Å². The maximum Gasteiger partial charge on any atom is 0.573 e. The minimum atomic E-state index is -4.76. The smallest absolute Gasteiger partial charge is 0.493 e. The minimum absolute atomic E-state index is 0.107. The fourth-order valence-electron chi connectivity index (χ4n) is 3.81. The van der Waals surface area contributed by atoms with Crippen LogP contribution in [0.1, 0.15) is 43.7 Å². The molecule has 3 aromatic rings. The second-order valence-corrected chi connectivity index (χ2v) is 7.94. The normalized spacial score (nSPS) is 16.0. The third kappa shape index (κ3) is 5.84. The molecule has 186 valence electrons. The maximum atomic E-state index is 12.5. The van der Waals surface area contributed by atoms with Crippen LogP contribution < -0.4 is 14.2 Å². The van der Waals surface area contributed by atoms with Crippen LogP contribution in [0, 0.1) is 0 Å². The van der Waals surface area contributed by atoms with Gasteiger partial charge in [0.2, 0.25) is 17.6 Å². The Balaban J connectivity index is 1.49. The number of carbonyl (C=O) groups is 1. The molecule has 4 rings (SSSR count). The number of hydrogen-bond acceptors (Lipinski definition) is 7. The number of methoxy groups -OCH3 is 1. The van der Waals surface area contributed by atoms with Gasteiger partial charge in [0.05, 0.1) is 13.7 Å². The van der Waals surface area contributed by atoms with Crippen LogP contribution in [0.25, 0.3) is 11.4 Å². The van der Waals surface area contributed by atoms with Crippen LogP contribution in [0.15, 0.2) is 47.0 Å². The van der Waals surface area contributed by atoms with Gasteiger partial charge in [0.1, 0.15) is 11.8 Å². The largest absolute Gasteiger partial charge is 0.573 e. The summed E-state index contributed by atoms with van der Waals surface area (Å²) < 4.78 is 57.6. The van der Waals surface area contributed by atoms with E-state index >= 15 is 0 Å². The van der Waals surface area contributed by atoms with E-state index in [0.29, 0.717) is 47.9 Å². The Kier molecular flexibility index (Phi) is 7.13. The Hall–Kier alpha value is -3.76. The van der Waals surface area contributed by atoms with Crippen molar-refractivity contribution in [1.29, 1.82) is 0 Å². The molecule has 35 heavy (non-hydrogen) atoms. The first-order valence-electron chi connectivity index (χ1n) is 11.1. The fraction of sp³-hybridized carbons (Fsp3) is 0.375. The van der Waals surface area contributed by atoms with Crippen molar-refractivity contribution >= 4 is 5.91 Å². The van der Waals surface area contributed by atoms with Gasteiger partial charge in [-0.15, -0.1) is 13.2 Å². The predicted molar refractivity (Wildman–Crippen MR) is 118 cm³/mol. The molecule has 1 unspecified atom stereocenters. The first kappa shape index (κ1) is 24.4. The summed E-state index contributed by atoms with van der Waals surface area (Å²) >= 11 is 0. The van der Waals surface area contributed by atoms with Gasteiger partial charge in [0, 0.05) is 18.5 Å². The lowest BCUT2D eigenvalue weighted by atomic mass is 10.1. The molecule has 1 atom stereocenters. The summed E-state index contributed by atoms with van der Waals surface area (Å²) in [6.07, 6.45) is -3.11. The number of nitrogens with zero attached hydrogens (tertiary/aromatic N) is 3. The maximum absolute atomic E-state index is 12.5. The molecule has 0 spiro atoms. The van der Waals surface area contributed by atoms with Crippen molar-refractivity contribution in [2.45, 2.75) is 45.1 Å². The summed E-state index contributed by atoms with van der Waals surface area (Å²) in [5.41, 5.74) is 1.31. The van der Waals surface area contributed by atoms with Gasteiger partial charge >= 0.3 is 6.36 Å². The van der Waals surface area contributed by atoms with Crippen molar-refractivity contribution in [2.75, 3.05) is 13.7 Å². The van der Waals surface area contributed by atoms with Crippen LogP contribution in [0.5, 0.6) is 17.2 Å². The Morgan fingerprint density at radius 3 is 2.60 bits per heavy atom. The van der Waals surface area contributed by atoms with Gasteiger partial charge in [-0.2, -0.15) is 4.98 Å². The Morgan fingerprint density at radius 2 is 1.91 bits per heavy atom. The van der Waals surface area contributed by atoms with E-state index in [1.807, 2.05) is 6.92 Å². The first-order chi connectivity index (χ1) is 16.8. The van der Waals surface area contributed by atoms with E-state index in [2.05, 4.69) is 14.9 Å². The van der Waals surface area contributed by atoms with E-state index in [1.165, 1.54) is 24.3 Å². The Labute approximate surface area is 199 Å². The fourth-order valence-corrected chi connectivity index (χ4v) is 3.81. The van der Waals surface area contributed by atoms with E-state index in [9.17, 15) is 18.0 Å². The predicted octanol–water partition coefficient (Wildman–Crippen LogP) is 5.30. The lowest BCUT2D eigenvalue weighted by Gasteiger charge is -2.22. The number of carbonyl (C=O) groups excluding carboxylic acids is 1. The zero-order valence-corrected chi connectivity index (χ0v) is 19.2. The van der Waals surface area contributed by atoms with Crippen LogP contribution in [0.2, 0.25) is 0 Å². The number of halogens is 3. The number of likely N-dealkylation sites (tertiary alicyclic amines) is 1. The quantitative estimate of drug-likeness (QED) is 0.402. The van der Waals surface area contributed by atoms with E-state index in [1.54, 1.807) is 30.2 Å². The molecule has 2 heterocycles. The lowest BCUT2D eigenvalue weighted by Crippen LogP contribution is -2.27. The summed E-state index contributed by atoms with van der Waals surface area (Å²) in [4.78, 5) is 18.6. The highest BCUT2D eigenvalue weighted by Gasteiger charge is 2.36. The molecule has 0 aliphatic carbocycles. The number of benzene rings is 2. The van der Waals surface area contributed by atoms with Crippen molar-refractivity contribution in [2.24, 2.45) is 0 Å². The SMILES string of the molecule is CCCOc1ccc(-c2noc(C3CCC(=O)N3Cc3ccc(OC(F)(F)F)cc3)n2)cc1OC. The third-order valence-electron chi connectivity index (χ3n) is 5.45. The summed E-state index contributed by atoms with van der Waals surface area (Å²) in [5, 5.41) is 4.07. The van der Waals surface area contributed by atoms with Crippen molar-refractivity contribution in [3.05, 3.63) is 53.9 Å². The highest BCUT2D eigenvalue weighted by Crippen LogP contribution is 2.36. The number of alkyl halides is 3. The second kappa shape index (κ2) is 10.2. The van der Waals surface area contributed by atoms with Crippen LogP contribution >= 0.6 is 0 Å². The van der Waals surface area contributed by atoms with E-state index in [-0.39, 0.29) is 24.1 Å². The lowest BCUT2D eigenvalue weighted by molar-refractivity contribution is -0.274. The van der Waals surface area contributed by atoms with Crippen LogP contribution in [-0.2, 0) is 11.3 Å². The van der Waals surface area contributed by atoms with Gasteiger partial charge in [-0.3, -0.25) is 4.79 Å². The van der Waals surface area contributed by atoms with Crippen molar-refractivity contribution in [3.63, 3.8) is 0 Å². The summed E-state index contributed by atoms with van der Waals surface area (Å²) in [6, 6.07) is 10.3. The number of amides is 1. The highest BCUT2D eigenvalue weighted by atomic mass is 19.4. The number of hydrogen-bond donors (Lipinski definition) is 0. The van der Waals surface area contributed by atoms with Gasteiger partial charge < -0.3 is 23.6 Å². The zero-order chi connectivity index (χ0) is 25.0. The Morgan fingerprint density at radius 1 is 1.14 bits per heavy atom. The van der Waals surface area contributed by atoms with Crippen molar-refractivity contribution in [3.8, 4) is 28.6 Å². The molecule has 1 aliphatic heterocycles. The van der Waals surface area contributed by atoms with E-state index in [4.69, 9.17) is 14.0 Å². The minimum Gasteiger partial charge on any atom is -0.493 e.